The van der Waals surface area contributed by atoms with E-state index < -0.39 is 6.36 Å². The molecule has 1 heterocycles. The molecule has 0 saturated carbocycles. The van der Waals surface area contributed by atoms with E-state index >= 15 is 0 Å². The number of rotatable bonds is 6. The molecule has 1 aromatic carbocycles. The maximum Gasteiger partial charge on any atom is 0.573 e. The topological polar surface area (TPSA) is 90.8 Å². The minimum atomic E-state index is -4.77. The number of ether oxygens (including phenoxy) is 1. The molecule has 2 rings (SSSR count). The second-order valence-electron chi connectivity index (χ2n) is 4.80. The number of unbranched alkanes of at least 4 members (excludes halogenated alkanes) is 1. The van der Waals surface area contributed by atoms with E-state index in [2.05, 4.69) is 20.3 Å². The zero-order chi connectivity index (χ0) is 17.6. The molecule has 0 fully saturated rings. The highest BCUT2D eigenvalue weighted by Crippen LogP contribution is 2.27. The van der Waals surface area contributed by atoms with E-state index in [0.29, 0.717) is 17.7 Å². The Morgan fingerprint density at radius 2 is 2.17 bits per heavy atom. The fourth-order valence-electron chi connectivity index (χ4n) is 1.93. The molecule has 2 N–H and O–H groups in total. The predicted molar refractivity (Wildman–Crippen MR) is 78.8 cm³/mol. The molecule has 0 aliphatic carbocycles. The lowest BCUT2D eigenvalue weighted by Gasteiger charge is -2.09. The number of carbonyl (C=O) groups is 1. The van der Waals surface area contributed by atoms with Crippen molar-refractivity contribution >= 4 is 11.7 Å². The molecule has 0 bridgehead atoms. The highest BCUT2D eigenvalue weighted by Gasteiger charge is 2.31. The van der Waals surface area contributed by atoms with Crippen LogP contribution in [0.25, 0.3) is 11.3 Å². The molecule has 0 radical (unpaired) electrons. The summed E-state index contributed by atoms with van der Waals surface area (Å²) in [5.74, 6) is -0.400. The number of aromatic nitrogens is 2. The summed E-state index contributed by atoms with van der Waals surface area (Å²) in [6, 6.07) is 8.82. The Labute approximate surface area is 135 Å². The van der Waals surface area contributed by atoms with Crippen molar-refractivity contribution < 1.29 is 22.7 Å². The molecule has 0 unspecified atom stereocenters. The third kappa shape index (κ3) is 5.31. The van der Waals surface area contributed by atoms with Crippen LogP contribution in [0.4, 0.5) is 19.0 Å². The SMILES string of the molecule is N#CCCCC(=O)Nc1cc(-c2cccc(OC(F)(F)F)c2)[nH]n1. The van der Waals surface area contributed by atoms with E-state index in [-0.39, 0.29) is 30.3 Å². The van der Waals surface area contributed by atoms with Crippen LogP contribution in [0.1, 0.15) is 19.3 Å². The largest absolute Gasteiger partial charge is 0.573 e. The van der Waals surface area contributed by atoms with Crippen LogP contribution in [0.5, 0.6) is 5.75 Å². The average Bonchev–Trinajstić information content (AvgIpc) is 2.94. The van der Waals surface area contributed by atoms with Crippen molar-refractivity contribution in [1.82, 2.24) is 10.2 Å². The van der Waals surface area contributed by atoms with Crippen LogP contribution < -0.4 is 10.1 Å². The van der Waals surface area contributed by atoms with Gasteiger partial charge >= 0.3 is 6.36 Å². The summed E-state index contributed by atoms with van der Waals surface area (Å²) in [5.41, 5.74) is 0.851. The number of nitriles is 1. The van der Waals surface area contributed by atoms with Gasteiger partial charge in [-0.25, -0.2) is 0 Å². The standard InChI is InChI=1S/C15H13F3N4O2/c16-15(17,18)24-11-5-3-4-10(8-11)12-9-13(22-21-12)20-14(23)6-1-2-7-19/h3-5,8-9H,1-2,6H2,(H2,20,21,22,23). The van der Waals surface area contributed by atoms with Gasteiger partial charge < -0.3 is 10.1 Å². The summed E-state index contributed by atoms with van der Waals surface area (Å²) < 4.78 is 40.6. The Bertz CT molecular complexity index is 750. The van der Waals surface area contributed by atoms with E-state index in [1.807, 2.05) is 6.07 Å². The molecular weight excluding hydrogens is 325 g/mol. The summed E-state index contributed by atoms with van der Waals surface area (Å²) in [5, 5.41) is 17.5. The first-order valence-corrected chi connectivity index (χ1v) is 6.96. The molecule has 1 aromatic heterocycles. The van der Waals surface area contributed by atoms with E-state index in [9.17, 15) is 18.0 Å². The molecular formula is C15H13F3N4O2. The molecule has 0 atom stereocenters. The summed E-state index contributed by atoms with van der Waals surface area (Å²) >= 11 is 0. The third-order valence-electron chi connectivity index (χ3n) is 2.92. The van der Waals surface area contributed by atoms with Crippen LogP contribution in [-0.2, 0) is 4.79 Å². The number of amides is 1. The number of H-pyrrole nitrogens is 1. The zero-order valence-electron chi connectivity index (χ0n) is 12.4. The molecule has 0 aliphatic rings. The van der Waals surface area contributed by atoms with Crippen molar-refractivity contribution in [3.63, 3.8) is 0 Å². The fraction of sp³-hybridized carbons (Fsp3) is 0.267. The lowest BCUT2D eigenvalue weighted by atomic mass is 10.1. The van der Waals surface area contributed by atoms with Gasteiger partial charge in [-0.05, 0) is 18.6 Å². The normalized spacial score (nSPS) is 10.9. The second kappa shape index (κ2) is 7.50. The summed E-state index contributed by atoms with van der Waals surface area (Å²) in [4.78, 5) is 11.6. The molecule has 0 spiro atoms. The van der Waals surface area contributed by atoms with Crippen molar-refractivity contribution in [1.29, 1.82) is 5.26 Å². The first-order chi connectivity index (χ1) is 11.4. The van der Waals surface area contributed by atoms with Crippen LogP contribution in [0.2, 0.25) is 0 Å². The zero-order valence-corrected chi connectivity index (χ0v) is 12.4. The Morgan fingerprint density at radius 3 is 2.88 bits per heavy atom. The minimum Gasteiger partial charge on any atom is -0.406 e. The van der Waals surface area contributed by atoms with Gasteiger partial charge in [0.1, 0.15) is 5.75 Å². The van der Waals surface area contributed by atoms with Crippen molar-refractivity contribution in [2.45, 2.75) is 25.6 Å². The number of nitrogens with zero attached hydrogens (tertiary/aromatic N) is 2. The fourth-order valence-corrected chi connectivity index (χ4v) is 1.93. The van der Waals surface area contributed by atoms with Crippen LogP contribution in [0.3, 0.4) is 0 Å². The smallest absolute Gasteiger partial charge is 0.406 e. The molecule has 6 nitrogen and oxygen atoms in total. The number of benzene rings is 1. The number of anilines is 1. The van der Waals surface area contributed by atoms with E-state index in [0.717, 1.165) is 0 Å². The molecule has 1 amide bonds. The van der Waals surface area contributed by atoms with E-state index in [1.165, 1.54) is 24.3 Å². The number of alkyl halides is 3. The second-order valence-corrected chi connectivity index (χ2v) is 4.80. The van der Waals surface area contributed by atoms with Crippen molar-refractivity contribution in [3.8, 4) is 23.1 Å². The number of hydrogen-bond acceptors (Lipinski definition) is 4. The van der Waals surface area contributed by atoms with Gasteiger partial charge in [0.25, 0.3) is 0 Å². The Hall–Kier alpha value is -3.02. The van der Waals surface area contributed by atoms with Gasteiger partial charge in [0.05, 0.1) is 11.8 Å². The molecule has 24 heavy (non-hydrogen) atoms. The van der Waals surface area contributed by atoms with Gasteiger partial charge in [0.15, 0.2) is 5.82 Å². The van der Waals surface area contributed by atoms with Crippen LogP contribution in [-0.4, -0.2) is 22.5 Å². The summed E-state index contributed by atoms with van der Waals surface area (Å²) in [6.45, 7) is 0. The lowest BCUT2D eigenvalue weighted by Crippen LogP contribution is -2.17. The number of aromatic amines is 1. The first kappa shape index (κ1) is 17.3. The van der Waals surface area contributed by atoms with Crippen molar-refractivity contribution in [3.05, 3.63) is 30.3 Å². The van der Waals surface area contributed by atoms with Gasteiger partial charge in [-0.15, -0.1) is 13.2 Å². The number of carbonyl (C=O) groups excluding carboxylic acids is 1. The monoisotopic (exact) mass is 338 g/mol. The average molecular weight is 338 g/mol. The summed E-state index contributed by atoms with van der Waals surface area (Å²) in [7, 11) is 0. The summed E-state index contributed by atoms with van der Waals surface area (Å²) in [6.07, 6.45) is -3.86. The quantitative estimate of drug-likeness (QED) is 0.787. The molecule has 0 saturated heterocycles. The Kier molecular flexibility index (Phi) is 5.42. The molecule has 126 valence electrons. The van der Waals surface area contributed by atoms with Crippen LogP contribution >= 0.6 is 0 Å². The van der Waals surface area contributed by atoms with Gasteiger partial charge in [0.2, 0.25) is 5.91 Å². The van der Waals surface area contributed by atoms with Crippen molar-refractivity contribution in [2.24, 2.45) is 0 Å². The maximum absolute atomic E-state index is 12.2. The highest BCUT2D eigenvalue weighted by molar-refractivity contribution is 5.90. The molecule has 2 aromatic rings. The predicted octanol–water partition coefficient (Wildman–Crippen LogP) is 3.61. The molecule has 9 heteroatoms. The van der Waals surface area contributed by atoms with Crippen LogP contribution in [0, 0.1) is 11.3 Å². The first-order valence-electron chi connectivity index (χ1n) is 6.96. The lowest BCUT2D eigenvalue weighted by molar-refractivity contribution is -0.274. The van der Waals surface area contributed by atoms with E-state index in [4.69, 9.17) is 5.26 Å². The Morgan fingerprint density at radius 1 is 1.38 bits per heavy atom. The van der Waals surface area contributed by atoms with Crippen LogP contribution in [0.15, 0.2) is 30.3 Å². The number of hydrogen-bond donors (Lipinski definition) is 2. The maximum atomic E-state index is 12.2. The number of nitrogens with one attached hydrogen (secondary N) is 2. The highest BCUT2D eigenvalue weighted by atomic mass is 19.4. The number of halogens is 3. The minimum absolute atomic E-state index is 0.185. The van der Waals surface area contributed by atoms with E-state index in [1.54, 1.807) is 6.07 Å². The molecule has 0 aliphatic heterocycles. The Balaban J connectivity index is 2.04. The van der Waals surface area contributed by atoms with Gasteiger partial charge in [0, 0.05) is 24.5 Å². The van der Waals surface area contributed by atoms with Gasteiger partial charge in [-0.2, -0.15) is 10.4 Å². The third-order valence-corrected chi connectivity index (χ3v) is 2.92. The van der Waals surface area contributed by atoms with Crippen molar-refractivity contribution in [2.75, 3.05) is 5.32 Å². The van der Waals surface area contributed by atoms with Gasteiger partial charge in [-0.1, -0.05) is 12.1 Å². The van der Waals surface area contributed by atoms with Gasteiger partial charge in [-0.3, -0.25) is 9.89 Å².